The van der Waals surface area contributed by atoms with Crippen LogP contribution in [0.1, 0.15) is 18.1 Å². The van der Waals surface area contributed by atoms with Crippen molar-refractivity contribution >= 4 is 52.8 Å². The van der Waals surface area contributed by atoms with Crippen molar-refractivity contribution in [1.82, 2.24) is 5.32 Å². The lowest BCUT2D eigenvalue weighted by atomic mass is 10.1. The number of ether oxygens (including phenoxy) is 2. The number of carbonyl (C=O) groups excluding carboxylic acids is 4. The van der Waals surface area contributed by atoms with Crippen LogP contribution in [0.5, 0.6) is 11.5 Å². The van der Waals surface area contributed by atoms with Gasteiger partial charge in [0.25, 0.3) is 17.7 Å². The molecule has 9 nitrogen and oxygen atoms in total. The van der Waals surface area contributed by atoms with E-state index in [-0.39, 0.29) is 29.2 Å². The van der Waals surface area contributed by atoms with Gasteiger partial charge in [-0.3, -0.25) is 19.7 Å². The lowest BCUT2D eigenvalue weighted by Gasteiger charge is -2.26. The zero-order valence-electron chi connectivity index (χ0n) is 20.6. The standard InChI is InChI=1S/C28H24ClN3O6/c1-3-37-21-11-9-20(10-12-21)32-27(35)22(26(34)31-28(32)36)15-18-14-19(29)8-13-24(18)38-16-25(33)30-23-7-5-4-6-17(23)2/h4-15H,3,16H2,1-2H3,(H,30,33)(H,31,34,36)/b22-15+. The third-order valence-electron chi connectivity index (χ3n) is 5.56. The minimum atomic E-state index is -0.878. The Morgan fingerprint density at radius 3 is 2.47 bits per heavy atom. The Hall–Kier alpha value is -4.63. The highest BCUT2D eigenvalue weighted by Gasteiger charge is 2.37. The number of benzene rings is 3. The van der Waals surface area contributed by atoms with E-state index in [2.05, 4.69) is 10.6 Å². The first kappa shape index (κ1) is 26.4. The summed E-state index contributed by atoms with van der Waals surface area (Å²) in [4.78, 5) is 51.7. The van der Waals surface area contributed by atoms with Crippen molar-refractivity contribution in [3.63, 3.8) is 0 Å². The zero-order valence-corrected chi connectivity index (χ0v) is 21.4. The van der Waals surface area contributed by atoms with E-state index in [0.29, 0.717) is 23.1 Å². The number of urea groups is 1. The van der Waals surface area contributed by atoms with Crippen LogP contribution in [0.15, 0.2) is 72.3 Å². The van der Waals surface area contributed by atoms with Gasteiger partial charge in [-0.2, -0.15) is 0 Å². The number of carbonyl (C=O) groups is 4. The number of hydrogen-bond donors (Lipinski definition) is 2. The summed E-state index contributed by atoms with van der Waals surface area (Å²) in [5, 5.41) is 5.26. The van der Waals surface area contributed by atoms with Gasteiger partial charge in [0.2, 0.25) is 0 Å². The van der Waals surface area contributed by atoms with Crippen LogP contribution in [0.3, 0.4) is 0 Å². The fourth-order valence-electron chi connectivity index (χ4n) is 3.71. The highest BCUT2D eigenvalue weighted by Crippen LogP contribution is 2.29. The van der Waals surface area contributed by atoms with Gasteiger partial charge in [0.15, 0.2) is 6.61 Å². The fraction of sp³-hybridized carbons (Fsp3) is 0.143. The Kier molecular flexibility index (Phi) is 8.08. The molecule has 0 aliphatic carbocycles. The molecule has 2 N–H and O–H groups in total. The second-order valence-corrected chi connectivity index (χ2v) is 8.66. The predicted octanol–water partition coefficient (Wildman–Crippen LogP) is 4.73. The molecule has 0 spiro atoms. The lowest BCUT2D eigenvalue weighted by molar-refractivity contribution is -0.122. The SMILES string of the molecule is CCOc1ccc(N2C(=O)NC(=O)/C(=C\c3cc(Cl)ccc3OCC(=O)Nc3ccccc3C)C2=O)cc1. The Balaban J connectivity index is 1.57. The second kappa shape index (κ2) is 11.6. The third-order valence-corrected chi connectivity index (χ3v) is 5.79. The molecule has 10 heteroatoms. The molecule has 0 aromatic heterocycles. The maximum Gasteiger partial charge on any atom is 0.335 e. The predicted molar refractivity (Wildman–Crippen MR) is 143 cm³/mol. The van der Waals surface area contributed by atoms with E-state index in [1.54, 1.807) is 30.3 Å². The highest BCUT2D eigenvalue weighted by atomic mass is 35.5. The van der Waals surface area contributed by atoms with Crippen LogP contribution in [0.2, 0.25) is 5.02 Å². The van der Waals surface area contributed by atoms with Gasteiger partial charge in [-0.15, -0.1) is 0 Å². The van der Waals surface area contributed by atoms with E-state index < -0.39 is 23.8 Å². The van der Waals surface area contributed by atoms with E-state index in [9.17, 15) is 19.2 Å². The van der Waals surface area contributed by atoms with E-state index in [1.807, 2.05) is 26.0 Å². The van der Waals surface area contributed by atoms with E-state index in [4.69, 9.17) is 21.1 Å². The minimum absolute atomic E-state index is 0.215. The van der Waals surface area contributed by atoms with Crippen LogP contribution in [-0.4, -0.2) is 37.0 Å². The van der Waals surface area contributed by atoms with E-state index in [0.717, 1.165) is 10.5 Å². The number of nitrogens with one attached hydrogen (secondary N) is 2. The summed E-state index contributed by atoms with van der Waals surface area (Å²) < 4.78 is 11.1. The summed E-state index contributed by atoms with van der Waals surface area (Å²) in [6.45, 7) is 3.83. The molecule has 1 aliphatic heterocycles. The average Bonchev–Trinajstić information content (AvgIpc) is 2.88. The van der Waals surface area contributed by atoms with Crippen LogP contribution in [-0.2, 0) is 14.4 Å². The molecule has 194 valence electrons. The van der Waals surface area contributed by atoms with Gasteiger partial charge in [0.05, 0.1) is 12.3 Å². The summed E-state index contributed by atoms with van der Waals surface area (Å²) in [6, 6.07) is 17.3. The van der Waals surface area contributed by atoms with Crippen molar-refractivity contribution in [2.75, 3.05) is 23.4 Å². The van der Waals surface area contributed by atoms with Gasteiger partial charge in [-0.1, -0.05) is 29.8 Å². The topological polar surface area (TPSA) is 114 Å². The number of barbiturate groups is 1. The van der Waals surface area contributed by atoms with Crippen molar-refractivity contribution in [2.24, 2.45) is 0 Å². The van der Waals surface area contributed by atoms with Gasteiger partial charge in [-0.05, 0) is 74.0 Å². The van der Waals surface area contributed by atoms with Crippen LogP contribution in [0, 0.1) is 6.92 Å². The first-order valence-corrected chi connectivity index (χ1v) is 12.1. The monoisotopic (exact) mass is 533 g/mol. The molecule has 0 atom stereocenters. The summed E-state index contributed by atoms with van der Waals surface area (Å²) in [5.74, 6) is -1.31. The quantitative estimate of drug-likeness (QED) is 0.319. The van der Waals surface area contributed by atoms with Crippen molar-refractivity contribution < 1.29 is 28.7 Å². The molecule has 0 bridgehead atoms. The van der Waals surface area contributed by atoms with Crippen LogP contribution < -0.4 is 25.0 Å². The number of amides is 5. The van der Waals surface area contributed by atoms with Gasteiger partial charge < -0.3 is 14.8 Å². The zero-order chi connectivity index (χ0) is 27.2. The maximum absolute atomic E-state index is 13.3. The Bertz CT molecular complexity index is 1430. The fourth-order valence-corrected chi connectivity index (χ4v) is 3.89. The summed E-state index contributed by atoms with van der Waals surface area (Å²) >= 11 is 6.16. The Labute approximate surface area is 224 Å². The smallest absolute Gasteiger partial charge is 0.335 e. The van der Waals surface area contributed by atoms with Crippen LogP contribution >= 0.6 is 11.6 Å². The molecule has 4 rings (SSSR count). The summed E-state index contributed by atoms with van der Waals surface area (Å²) in [6.07, 6.45) is 1.27. The van der Waals surface area contributed by atoms with Gasteiger partial charge in [0, 0.05) is 16.3 Å². The second-order valence-electron chi connectivity index (χ2n) is 8.22. The van der Waals surface area contributed by atoms with Crippen molar-refractivity contribution in [3.8, 4) is 11.5 Å². The molecule has 0 saturated carbocycles. The number of nitrogens with zero attached hydrogens (tertiary/aromatic N) is 1. The molecule has 38 heavy (non-hydrogen) atoms. The number of halogens is 1. The summed E-state index contributed by atoms with van der Waals surface area (Å²) in [7, 11) is 0. The molecule has 3 aromatic carbocycles. The Morgan fingerprint density at radius 1 is 1.03 bits per heavy atom. The third kappa shape index (κ3) is 6.01. The van der Waals surface area contributed by atoms with Crippen LogP contribution in [0.25, 0.3) is 6.08 Å². The van der Waals surface area contributed by atoms with Gasteiger partial charge >= 0.3 is 6.03 Å². The Morgan fingerprint density at radius 2 is 1.76 bits per heavy atom. The largest absolute Gasteiger partial charge is 0.494 e. The summed E-state index contributed by atoms with van der Waals surface area (Å²) in [5.41, 5.74) is 1.77. The number of imide groups is 2. The molecular weight excluding hydrogens is 510 g/mol. The van der Waals surface area contributed by atoms with E-state index in [1.165, 1.54) is 30.3 Å². The van der Waals surface area contributed by atoms with Gasteiger partial charge in [0.1, 0.15) is 17.1 Å². The number of rotatable bonds is 8. The normalized spacial score (nSPS) is 14.3. The minimum Gasteiger partial charge on any atom is -0.494 e. The van der Waals surface area contributed by atoms with Crippen molar-refractivity contribution in [2.45, 2.75) is 13.8 Å². The molecule has 5 amide bonds. The first-order chi connectivity index (χ1) is 18.3. The lowest BCUT2D eigenvalue weighted by Crippen LogP contribution is -2.54. The first-order valence-electron chi connectivity index (χ1n) is 11.7. The average molecular weight is 534 g/mol. The van der Waals surface area contributed by atoms with Crippen LogP contribution in [0.4, 0.5) is 16.2 Å². The molecule has 0 radical (unpaired) electrons. The molecular formula is C28H24ClN3O6. The molecule has 1 saturated heterocycles. The van der Waals surface area contributed by atoms with Gasteiger partial charge in [-0.25, -0.2) is 9.69 Å². The van der Waals surface area contributed by atoms with E-state index >= 15 is 0 Å². The highest BCUT2D eigenvalue weighted by molar-refractivity contribution is 6.39. The van der Waals surface area contributed by atoms with Crippen molar-refractivity contribution in [3.05, 3.63) is 88.5 Å². The molecule has 1 fully saturated rings. The van der Waals surface area contributed by atoms with Crippen molar-refractivity contribution in [1.29, 1.82) is 0 Å². The number of hydrogen-bond acceptors (Lipinski definition) is 6. The molecule has 1 heterocycles. The molecule has 0 unspecified atom stereocenters. The number of para-hydroxylation sites is 1. The number of anilines is 2. The maximum atomic E-state index is 13.3. The molecule has 3 aromatic rings. The molecule has 1 aliphatic rings. The number of aryl methyl sites for hydroxylation is 1.